The largest absolute Gasteiger partial charge is 0.376 e. The summed E-state index contributed by atoms with van der Waals surface area (Å²) < 4.78 is 0.749. The molecule has 6 heteroatoms. The molecule has 110 valence electrons. The van der Waals surface area contributed by atoms with Crippen LogP contribution in [0.15, 0.2) is 40.9 Å². The first-order valence-electron chi connectivity index (χ1n) is 6.12. The third-order valence-electron chi connectivity index (χ3n) is 2.87. The third-order valence-corrected chi connectivity index (χ3v) is 4.40. The Bertz CT molecular complexity index is 689. The molecule has 0 saturated carbocycles. The van der Waals surface area contributed by atoms with E-state index in [0.29, 0.717) is 21.3 Å². The maximum atomic E-state index is 12.2. The van der Waals surface area contributed by atoms with Gasteiger partial charge in [-0.3, -0.25) is 4.79 Å². The molecule has 2 aromatic carbocycles. The molecule has 1 amide bonds. The number of hydrogen-bond acceptors (Lipinski definition) is 2. The van der Waals surface area contributed by atoms with Gasteiger partial charge in [0, 0.05) is 29.8 Å². The fraction of sp³-hybridized carbons (Fsp3) is 0.133. The molecule has 2 rings (SSSR count). The molecular formula is C15H13BrCl2N2O. The van der Waals surface area contributed by atoms with Gasteiger partial charge in [0.25, 0.3) is 5.91 Å². The average Bonchev–Trinajstić information content (AvgIpc) is 2.41. The highest BCUT2D eigenvalue weighted by molar-refractivity contribution is 9.10. The minimum absolute atomic E-state index is 0.238. The van der Waals surface area contributed by atoms with E-state index in [1.165, 1.54) is 0 Å². The van der Waals surface area contributed by atoms with Crippen LogP contribution in [0.5, 0.6) is 0 Å². The van der Waals surface area contributed by atoms with Crippen LogP contribution in [0.2, 0.25) is 10.0 Å². The maximum Gasteiger partial charge on any atom is 0.255 e. The van der Waals surface area contributed by atoms with E-state index in [9.17, 15) is 4.79 Å². The molecule has 0 heterocycles. The van der Waals surface area contributed by atoms with Crippen molar-refractivity contribution in [1.29, 1.82) is 0 Å². The molecule has 1 N–H and O–H groups in total. The van der Waals surface area contributed by atoms with Gasteiger partial charge in [0.2, 0.25) is 0 Å². The predicted octanol–water partition coefficient (Wildman–Crippen LogP) is 5.07. The van der Waals surface area contributed by atoms with E-state index in [4.69, 9.17) is 23.2 Å². The van der Waals surface area contributed by atoms with Gasteiger partial charge in [-0.15, -0.1) is 0 Å². The summed E-state index contributed by atoms with van der Waals surface area (Å²) in [5.41, 5.74) is 2.01. The molecule has 0 aliphatic heterocycles. The Morgan fingerprint density at radius 2 is 1.81 bits per heavy atom. The first-order valence-corrected chi connectivity index (χ1v) is 7.66. The molecule has 0 radical (unpaired) electrons. The van der Waals surface area contributed by atoms with Crippen molar-refractivity contribution in [2.45, 2.75) is 0 Å². The number of halogens is 3. The van der Waals surface area contributed by atoms with E-state index in [2.05, 4.69) is 21.2 Å². The molecule has 3 nitrogen and oxygen atoms in total. The van der Waals surface area contributed by atoms with Crippen LogP contribution in [0, 0.1) is 0 Å². The lowest BCUT2D eigenvalue weighted by Crippen LogP contribution is -2.13. The number of carbonyl (C=O) groups excluding carboxylic acids is 1. The number of carbonyl (C=O) groups is 1. The van der Waals surface area contributed by atoms with E-state index in [1.54, 1.807) is 30.3 Å². The van der Waals surface area contributed by atoms with Gasteiger partial charge in [-0.25, -0.2) is 0 Å². The monoisotopic (exact) mass is 386 g/mol. The van der Waals surface area contributed by atoms with Gasteiger partial charge in [0.15, 0.2) is 0 Å². The smallest absolute Gasteiger partial charge is 0.255 e. The minimum atomic E-state index is -0.238. The summed E-state index contributed by atoms with van der Waals surface area (Å²) in [6.45, 7) is 0. The van der Waals surface area contributed by atoms with Crippen molar-refractivity contribution in [2.24, 2.45) is 0 Å². The molecule has 0 atom stereocenters. The molecule has 2 aromatic rings. The molecule has 0 unspecified atom stereocenters. The first kappa shape index (κ1) is 16.1. The van der Waals surface area contributed by atoms with Crippen molar-refractivity contribution < 1.29 is 4.79 Å². The van der Waals surface area contributed by atoms with Crippen molar-refractivity contribution in [2.75, 3.05) is 24.3 Å². The van der Waals surface area contributed by atoms with Crippen LogP contribution in [0.4, 0.5) is 11.4 Å². The second-order valence-corrected chi connectivity index (χ2v) is 6.31. The molecule has 0 spiro atoms. The number of nitrogens with zero attached hydrogens (tertiary/aromatic N) is 1. The summed E-state index contributed by atoms with van der Waals surface area (Å²) >= 11 is 15.5. The van der Waals surface area contributed by atoms with Crippen molar-refractivity contribution >= 4 is 56.4 Å². The van der Waals surface area contributed by atoms with Crippen LogP contribution in [0.25, 0.3) is 0 Å². The number of amides is 1. The molecule has 0 aliphatic rings. The summed E-state index contributed by atoms with van der Waals surface area (Å²) in [4.78, 5) is 14.1. The molecular weight excluding hydrogens is 375 g/mol. The summed E-state index contributed by atoms with van der Waals surface area (Å²) in [7, 11) is 3.81. The highest BCUT2D eigenvalue weighted by Gasteiger charge is 2.10. The van der Waals surface area contributed by atoms with E-state index < -0.39 is 0 Å². The van der Waals surface area contributed by atoms with Gasteiger partial charge in [-0.05, 0) is 52.3 Å². The van der Waals surface area contributed by atoms with Gasteiger partial charge in [0.05, 0.1) is 15.7 Å². The molecule has 0 fully saturated rings. The minimum Gasteiger partial charge on any atom is -0.376 e. The van der Waals surface area contributed by atoms with Crippen LogP contribution >= 0.6 is 39.1 Å². The van der Waals surface area contributed by atoms with E-state index in [0.717, 1.165) is 10.2 Å². The number of rotatable bonds is 3. The van der Waals surface area contributed by atoms with Crippen LogP contribution in [0.1, 0.15) is 10.4 Å². The summed E-state index contributed by atoms with van der Waals surface area (Å²) in [6.07, 6.45) is 0. The molecule has 0 bridgehead atoms. The first-order chi connectivity index (χ1) is 9.88. The molecule has 0 saturated heterocycles. The molecule has 21 heavy (non-hydrogen) atoms. The fourth-order valence-electron chi connectivity index (χ4n) is 1.79. The van der Waals surface area contributed by atoms with Crippen LogP contribution in [0.3, 0.4) is 0 Å². The highest BCUT2D eigenvalue weighted by Crippen LogP contribution is 2.28. The van der Waals surface area contributed by atoms with Gasteiger partial charge in [0.1, 0.15) is 0 Å². The predicted molar refractivity (Wildman–Crippen MR) is 92.9 cm³/mol. The number of nitrogens with one attached hydrogen (secondary N) is 1. The fourth-order valence-corrected chi connectivity index (χ4v) is 2.56. The topological polar surface area (TPSA) is 32.3 Å². The SMILES string of the molecule is CN(C)c1ccc(NC(=O)c2ccc(Br)c(Cl)c2)cc1Cl. The normalized spacial score (nSPS) is 10.3. The zero-order valence-corrected chi connectivity index (χ0v) is 14.6. The van der Waals surface area contributed by atoms with Crippen LogP contribution in [-0.4, -0.2) is 20.0 Å². The lowest BCUT2D eigenvalue weighted by Gasteiger charge is -2.15. The van der Waals surface area contributed by atoms with Gasteiger partial charge < -0.3 is 10.2 Å². The second kappa shape index (κ2) is 6.69. The Morgan fingerprint density at radius 3 is 2.38 bits per heavy atom. The van der Waals surface area contributed by atoms with Crippen LogP contribution in [-0.2, 0) is 0 Å². The Morgan fingerprint density at radius 1 is 1.10 bits per heavy atom. The number of hydrogen-bond donors (Lipinski definition) is 1. The highest BCUT2D eigenvalue weighted by atomic mass is 79.9. The van der Waals surface area contributed by atoms with E-state index in [1.807, 2.05) is 25.1 Å². The standard InChI is InChI=1S/C15H13BrCl2N2O/c1-20(2)14-6-4-10(8-13(14)18)19-15(21)9-3-5-11(16)12(17)7-9/h3-8H,1-2H3,(H,19,21). The van der Waals surface area contributed by atoms with Gasteiger partial charge >= 0.3 is 0 Å². The van der Waals surface area contributed by atoms with E-state index >= 15 is 0 Å². The zero-order valence-electron chi connectivity index (χ0n) is 11.5. The van der Waals surface area contributed by atoms with Gasteiger partial charge in [-0.1, -0.05) is 23.2 Å². The van der Waals surface area contributed by atoms with Crippen molar-refractivity contribution in [3.05, 3.63) is 56.5 Å². The Balaban J connectivity index is 2.19. The average molecular weight is 388 g/mol. The van der Waals surface area contributed by atoms with Crippen molar-refractivity contribution in [1.82, 2.24) is 0 Å². The Hall–Kier alpha value is -1.23. The summed E-state index contributed by atoms with van der Waals surface area (Å²) in [6, 6.07) is 10.4. The lowest BCUT2D eigenvalue weighted by molar-refractivity contribution is 0.102. The molecule has 0 aromatic heterocycles. The molecule has 0 aliphatic carbocycles. The Kier molecular flexibility index (Phi) is 5.14. The van der Waals surface area contributed by atoms with E-state index in [-0.39, 0.29) is 5.91 Å². The summed E-state index contributed by atoms with van der Waals surface area (Å²) in [5.74, 6) is -0.238. The summed E-state index contributed by atoms with van der Waals surface area (Å²) in [5, 5.41) is 3.86. The second-order valence-electron chi connectivity index (χ2n) is 4.64. The third kappa shape index (κ3) is 3.90. The van der Waals surface area contributed by atoms with Gasteiger partial charge in [-0.2, -0.15) is 0 Å². The van der Waals surface area contributed by atoms with Crippen LogP contribution < -0.4 is 10.2 Å². The number of anilines is 2. The Labute approximate surface area is 142 Å². The number of benzene rings is 2. The zero-order chi connectivity index (χ0) is 15.6. The quantitative estimate of drug-likeness (QED) is 0.796. The maximum absolute atomic E-state index is 12.2. The van der Waals surface area contributed by atoms with Crippen molar-refractivity contribution in [3.8, 4) is 0 Å². The van der Waals surface area contributed by atoms with Crippen molar-refractivity contribution in [3.63, 3.8) is 0 Å². The lowest BCUT2D eigenvalue weighted by atomic mass is 10.2.